The SMILES string of the molecule is Cc1cc(CNc2cncc(Cl)n2)sc1C. The summed E-state index contributed by atoms with van der Waals surface area (Å²) >= 11 is 7.54. The standard InChI is InChI=1S/C11H12ClN3S/c1-7-3-9(16-8(7)2)4-14-11-6-13-5-10(12)15-11/h3,5-6H,4H2,1-2H3,(H,14,15). The number of nitrogens with one attached hydrogen (secondary N) is 1. The highest BCUT2D eigenvalue weighted by Crippen LogP contribution is 2.21. The predicted molar refractivity (Wildman–Crippen MR) is 68.2 cm³/mol. The van der Waals surface area contributed by atoms with Crippen LogP contribution in [0.2, 0.25) is 5.15 Å². The summed E-state index contributed by atoms with van der Waals surface area (Å²) < 4.78 is 0. The number of hydrogen-bond acceptors (Lipinski definition) is 4. The van der Waals surface area contributed by atoms with Gasteiger partial charge in [0.2, 0.25) is 0 Å². The van der Waals surface area contributed by atoms with E-state index in [4.69, 9.17) is 11.6 Å². The van der Waals surface area contributed by atoms with Crippen LogP contribution in [0, 0.1) is 13.8 Å². The summed E-state index contributed by atoms with van der Waals surface area (Å²) in [4.78, 5) is 10.7. The Bertz CT molecular complexity index is 476. The molecule has 2 heterocycles. The van der Waals surface area contributed by atoms with E-state index in [-0.39, 0.29) is 0 Å². The topological polar surface area (TPSA) is 37.8 Å². The van der Waals surface area contributed by atoms with Gasteiger partial charge in [0.15, 0.2) is 0 Å². The highest BCUT2D eigenvalue weighted by atomic mass is 35.5. The molecule has 0 bridgehead atoms. The maximum atomic E-state index is 5.74. The molecule has 0 aromatic carbocycles. The molecule has 0 amide bonds. The average Bonchev–Trinajstić information content (AvgIpc) is 2.56. The van der Waals surface area contributed by atoms with Gasteiger partial charge < -0.3 is 5.32 Å². The molecule has 2 aromatic heterocycles. The van der Waals surface area contributed by atoms with Gasteiger partial charge in [-0.2, -0.15) is 0 Å². The molecule has 0 atom stereocenters. The molecule has 0 aliphatic carbocycles. The summed E-state index contributed by atoms with van der Waals surface area (Å²) in [5.74, 6) is 0.705. The van der Waals surface area contributed by atoms with Gasteiger partial charge in [-0.25, -0.2) is 4.98 Å². The van der Waals surface area contributed by atoms with Crippen LogP contribution in [0.15, 0.2) is 18.5 Å². The Morgan fingerprint density at radius 2 is 2.19 bits per heavy atom. The summed E-state index contributed by atoms with van der Waals surface area (Å²) in [5, 5.41) is 3.60. The number of anilines is 1. The zero-order valence-corrected chi connectivity index (χ0v) is 10.7. The van der Waals surface area contributed by atoms with E-state index in [0.717, 1.165) is 6.54 Å². The number of nitrogens with zero attached hydrogens (tertiary/aromatic N) is 2. The molecule has 3 nitrogen and oxygen atoms in total. The van der Waals surface area contributed by atoms with Crippen LogP contribution in [0.4, 0.5) is 5.82 Å². The Kier molecular flexibility index (Phi) is 3.41. The van der Waals surface area contributed by atoms with Gasteiger partial charge in [-0.15, -0.1) is 11.3 Å². The Labute approximate surface area is 104 Å². The van der Waals surface area contributed by atoms with Crippen LogP contribution < -0.4 is 5.32 Å². The Hall–Kier alpha value is -1.13. The second kappa shape index (κ2) is 4.80. The molecular weight excluding hydrogens is 242 g/mol. The average molecular weight is 254 g/mol. The van der Waals surface area contributed by atoms with Crippen LogP contribution in [0.25, 0.3) is 0 Å². The minimum Gasteiger partial charge on any atom is -0.364 e. The minimum atomic E-state index is 0.406. The Balaban J connectivity index is 2.02. The lowest BCUT2D eigenvalue weighted by Gasteiger charge is -2.02. The maximum absolute atomic E-state index is 5.74. The third kappa shape index (κ3) is 2.71. The molecule has 1 N–H and O–H groups in total. The molecule has 0 spiro atoms. The fourth-order valence-electron chi connectivity index (χ4n) is 1.34. The zero-order chi connectivity index (χ0) is 11.5. The monoisotopic (exact) mass is 253 g/mol. The van der Waals surface area contributed by atoms with Crippen molar-refractivity contribution in [3.63, 3.8) is 0 Å². The Morgan fingerprint density at radius 3 is 2.81 bits per heavy atom. The summed E-state index contributed by atoms with van der Waals surface area (Å²) in [6, 6.07) is 2.19. The van der Waals surface area contributed by atoms with Crippen molar-refractivity contribution in [3.8, 4) is 0 Å². The first kappa shape index (κ1) is 11.4. The first-order valence-electron chi connectivity index (χ1n) is 4.92. The molecule has 16 heavy (non-hydrogen) atoms. The van der Waals surface area contributed by atoms with Gasteiger partial charge in [-0.05, 0) is 25.5 Å². The van der Waals surface area contributed by atoms with Crippen LogP contribution in [0.3, 0.4) is 0 Å². The van der Waals surface area contributed by atoms with Gasteiger partial charge in [0, 0.05) is 9.75 Å². The highest BCUT2D eigenvalue weighted by molar-refractivity contribution is 7.12. The van der Waals surface area contributed by atoms with Gasteiger partial charge in [0.1, 0.15) is 11.0 Å². The third-order valence-electron chi connectivity index (χ3n) is 2.27. The third-order valence-corrected chi connectivity index (χ3v) is 3.60. The van der Waals surface area contributed by atoms with Crippen molar-refractivity contribution in [1.82, 2.24) is 9.97 Å². The number of rotatable bonds is 3. The van der Waals surface area contributed by atoms with Crippen molar-refractivity contribution >= 4 is 28.8 Å². The molecule has 0 unspecified atom stereocenters. The van der Waals surface area contributed by atoms with Gasteiger partial charge in [-0.3, -0.25) is 4.98 Å². The molecule has 2 rings (SSSR count). The van der Waals surface area contributed by atoms with E-state index in [0.29, 0.717) is 11.0 Å². The van der Waals surface area contributed by atoms with Crippen LogP contribution in [0.1, 0.15) is 15.3 Å². The molecule has 0 aliphatic heterocycles. The van der Waals surface area contributed by atoms with E-state index >= 15 is 0 Å². The molecule has 84 valence electrons. The number of halogens is 1. The van der Waals surface area contributed by atoms with Gasteiger partial charge in [0.05, 0.1) is 18.9 Å². The second-order valence-corrected chi connectivity index (χ2v) is 5.26. The molecular formula is C11H12ClN3S. The Morgan fingerprint density at radius 1 is 1.38 bits per heavy atom. The van der Waals surface area contributed by atoms with E-state index < -0.39 is 0 Å². The number of thiophene rings is 1. The molecule has 2 aromatic rings. The smallest absolute Gasteiger partial charge is 0.149 e. The number of aryl methyl sites for hydroxylation is 2. The van der Waals surface area contributed by atoms with Crippen molar-refractivity contribution in [1.29, 1.82) is 0 Å². The van der Waals surface area contributed by atoms with Crippen LogP contribution in [0.5, 0.6) is 0 Å². The van der Waals surface area contributed by atoms with Gasteiger partial charge in [-0.1, -0.05) is 11.6 Å². The first-order valence-corrected chi connectivity index (χ1v) is 6.12. The number of hydrogen-bond donors (Lipinski definition) is 1. The van der Waals surface area contributed by atoms with E-state index in [1.165, 1.54) is 21.5 Å². The zero-order valence-electron chi connectivity index (χ0n) is 9.12. The fourth-order valence-corrected chi connectivity index (χ4v) is 2.48. The van der Waals surface area contributed by atoms with Crippen molar-refractivity contribution < 1.29 is 0 Å². The van der Waals surface area contributed by atoms with E-state index in [1.54, 1.807) is 17.5 Å². The van der Waals surface area contributed by atoms with Crippen molar-refractivity contribution in [2.24, 2.45) is 0 Å². The van der Waals surface area contributed by atoms with Crippen LogP contribution in [-0.4, -0.2) is 9.97 Å². The molecule has 0 saturated carbocycles. The maximum Gasteiger partial charge on any atom is 0.149 e. The quantitative estimate of drug-likeness (QED) is 0.911. The highest BCUT2D eigenvalue weighted by Gasteiger charge is 2.02. The van der Waals surface area contributed by atoms with E-state index in [1.807, 2.05) is 0 Å². The lowest BCUT2D eigenvalue weighted by atomic mass is 10.3. The van der Waals surface area contributed by atoms with Crippen LogP contribution >= 0.6 is 22.9 Å². The summed E-state index contributed by atoms with van der Waals surface area (Å²) in [5.41, 5.74) is 1.33. The van der Waals surface area contributed by atoms with E-state index in [2.05, 4.69) is 35.2 Å². The normalized spacial score (nSPS) is 10.4. The second-order valence-electron chi connectivity index (χ2n) is 3.53. The lowest BCUT2D eigenvalue weighted by molar-refractivity contribution is 1.11. The molecule has 0 saturated heterocycles. The predicted octanol–water partition coefficient (Wildman–Crippen LogP) is 3.42. The molecule has 5 heteroatoms. The summed E-state index contributed by atoms with van der Waals surface area (Å²) in [7, 11) is 0. The van der Waals surface area contributed by atoms with Gasteiger partial charge in [0.25, 0.3) is 0 Å². The van der Waals surface area contributed by atoms with Gasteiger partial charge >= 0.3 is 0 Å². The fraction of sp³-hybridized carbons (Fsp3) is 0.273. The van der Waals surface area contributed by atoms with Crippen molar-refractivity contribution in [2.45, 2.75) is 20.4 Å². The lowest BCUT2D eigenvalue weighted by Crippen LogP contribution is -2.00. The molecule has 0 aliphatic rings. The largest absolute Gasteiger partial charge is 0.364 e. The number of aromatic nitrogens is 2. The van der Waals surface area contributed by atoms with Crippen LogP contribution in [-0.2, 0) is 6.54 Å². The minimum absolute atomic E-state index is 0.406. The van der Waals surface area contributed by atoms with Crippen molar-refractivity contribution in [2.75, 3.05) is 5.32 Å². The molecule has 0 fully saturated rings. The van der Waals surface area contributed by atoms with Crippen molar-refractivity contribution in [3.05, 3.63) is 38.9 Å². The van der Waals surface area contributed by atoms with E-state index in [9.17, 15) is 0 Å². The summed E-state index contributed by atoms with van der Waals surface area (Å²) in [6.07, 6.45) is 3.19. The molecule has 0 radical (unpaired) electrons. The summed E-state index contributed by atoms with van der Waals surface area (Å²) in [6.45, 7) is 5.01. The first-order chi connectivity index (χ1) is 7.65.